The van der Waals surface area contributed by atoms with Crippen molar-refractivity contribution in [3.05, 3.63) is 59.7 Å². The highest BCUT2D eigenvalue weighted by atomic mass is 32.2. The Hall–Kier alpha value is -2.22. The second-order valence-corrected chi connectivity index (χ2v) is 9.30. The number of benzene rings is 2. The summed E-state index contributed by atoms with van der Waals surface area (Å²) in [6.45, 7) is 5.07. The molecule has 0 atom stereocenters. The number of amides is 1. The molecule has 0 unspecified atom stereocenters. The minimum atomic E-state index is -3.55. The van der Waals surface area contributed by atoms with Crippen molar-refractivity contribution >= 4 is 21.6 Å². The first kappa shape index (κ1) is 21.5. The molecule has 1 fully saturated rings. The molecule has 3 rings (SSSR count). The Labute approximate surface area is 173 Å². The fraction of sp³-hybridized carbons (Fsp3) is 0.409. The summed E-state index contributed by atoms with van der Waals surface area (Å²) in [4.78, 5) is 14.7. The van der Waals surface area contributed by atoms with Crippen LogP contribution in [0.4, 0.5) is 5.69 Å². The minimum Gasteiger partial charge on any atom is -0.326 e. The number of carbonyl (C=O) groups is 1. The van der Waals surface area contributed by atoms with Gasteiger partial charge in [0.2, 0.25) is 15.9 Å². The Balaban J connectivity index is 1.46. The standard InChI is InChI=1S/C22H29N3O3S/c1-18-5-11-21(12-6-18)29(27,28)23-17-19-7-9-20(10-8-19)24-22(26)13-16-25-14-3-2-4-15-25/h5-12,23H,2-4,13-17H2,1H3,(H,24,26). The number of carbonyl (C=O) groups excluding carboxylic acids is 1. The van der Waals surface area contributed by atoms with E-state index in [-0.39, 0.29) is 17.3 Å². The van der Waals surface area contributed by atoms with Gasteiger partial charge in [-0.15, -0.1) is 0 Å². The molecule has 0 aliphatic carbocycles. The van der Waals surface area contributed by atoms with Crippen LogP contribution in [0, 0.1) is 6.92 Å². The lowest BCUT2D eigenvalue weighted by molar-refractivity contribution is -0.116. The monoisotopic (exact) mass is 415 g/mol. The van der Waals surface area contributed by atoms with Crippen molar-refractivity contribution in [2.24, 2.45) is 0 Å². The van der Waals surface area contributed by atoms with E-state index in [0.29, 0.717) is 6.42 Å². The Bertz CT molecular complexity index is 903. The molecule has 2 N–H and O–H groups in total. The molecule has 2 aromatic rings. The van der Waals surface area contributed by atoms with E-state index in [4.69, 9.17) is 0 Å². The molecule has 0 bridgehead atoms. The number of hydrogen-bond donors (Lipinski definition) is 2. The third-order valence-electron chi connectivity index (χ3n) is 5.14. The predicted molar refractivity (Wildman–Crippen MR) is 115 cm³/mol. The number of nitrogens with zero attached hydrogens (tertiary/aromatic N) is 1. The zero-order valence-electron chi connectivity index (χ0n) is 16.9. The van der Waals surface area contributed by atoms with Crippen LogP contribution < -0.4 is 10.0 Å². The Morgan fingerprint density at radius 3 is 2.28 bits per heavy atom. The van der Waals surface area contributed by atoms with Gasteiger partial charge in [-0.3, -0.25) is 4.79 Å². The van der Waals surface area contributed by atoms with Crippen LogP contribution in [0.15, 0.2) is 53.4 Å². The highest BCUT2D eigenvalue weighted by Crippen LogP contribution is 2.14. The van der Waals surface area contributed by atoms with E-state index in [1.54, 1.807) is 36.4 Å². The van der Waals surface area contributed by atoms with Crippen LogP contribution >= 0.6 is 0 Å². The van der Waals surface area contributed by atoms with Crippen molar-refractivity contribution < 1.29 is 13.2 Å². The van der Waals surface area contributed by atoms with Crippen LogP contribution in [-0.2, 0) is 21.4 Å². The summed E-state index contributed by atoms with van der Waals surface area (Å²) in [7, 11) is -3.55. The van der Waals surface area contributed by atoms with E-state index in [1.807, 2.05) is 19.1 Å². The highest BCUT2D eigenvalue weighted by molar-refractivity contribution is 7.89. The Morgan fingerprint density at radius 1 is 0.966 bits per heavy atom. The lowest BCUT2D eigenvalue weighted by Crippen LogP contribution is -2.32. The first-order valence-corrected chi connectivity index (χ1v) is 11.6. The number of nitrogens with one attached hydrogen (secondary N) is 2. The maximum absolute atomic E-state index is 12.4. The summed E-state index contributed by atoms with van der Waals surface area (Å²) in [6, 6.07) is 14.0. The van der Waals surface area contributed by atoms with Gasteiger partial charge in [-0.2, -0.15) is 0 Å². The summed E-state index contributed by atoms with van der Waals surface area (Å²) in [5.74, 6) is 0.00315. The third kappa shape index (κ3) is 6.66. The number of sulfonamides is 1. The molecule has 1 heterocycles. The molecule has 0 saturated carbocycles. The smallest absolute Gasteiger partial charge is 0.240 e. The van der Waals surface area contributed by atoms with Gasteiger partial charge in [0.25, 0.3) is 0 Å². The van der Waals surface area contributed by atoms with Gasteiger partial charge in [-0.05, 0) is 62.7 Å². The number of hydrogen-bond acceptors (Lipinski definition) is 4. The fourth-order valence-electron chi connectivity index (χ4n) is 3.35. The van der Waals surface area contributed by atoms with Gasteiger partial charge in [0, 0.05) is 25.2 Å². The molecule has 1 aliphatic rings. The van der Waals surface area contributed by atoms with Gasteiger partial charge in [0.15, 0.2) is 0 Å². The zero-order valence-corrected chi connectivity index (χ0v) is 17.7. The van der Waals surface area contributed by atoms with Crippen LogP contribution in [0.1, 0.15) is 36.8 Å². The molecule has 156 valence electrons. The Morgan fingerprint density at radius 2 is 1.62 bits per heavy atom. The van der Waals surface area contributed by atoms with E-state index in [9.17, 15) is 13.2 Å². The number of likely N-dealkylation sites (tertiary alicyclic amines) is 1. The second kappa shape index (κ2) is 10.0. The van der Waals surface area contributed by atoms with Crippen molar-refractivity contribution in [1.82, 2.24) is 9.62 Å². The van der Waals surface area contributed by atoms with Crippen LogP contribution in [0.3, 0.4) is 0 Å². The molecular formula is C22H29N3O3S. The summed E-state index contributed by atoms with van der Waals surface area (Å²) in [5.41, 5.74) is 2.56. The van der Waals surface area contributed by atoms with Gasteiger partial charge in [0.1, 0.15) is 0 Å². The molecule has 0 radical (unpaired) electrons. The first-order chi connectivity index (χ1) is 13.9. The van der Waals surface area contributed by atoms with Gasteiger partial charge >= 0.3 is 0 Å². The highest BCUT2D eigenvalue weighted by Gasteiger charge is 2.14. The van der Waals surface area contributed by atoms with Gasteiger partial charge in [0.05, 0.1) is 4.90 Å². The number of rotatable bonds is 8. The molecule has 7 heteroatoms. The quantitative estimate of drug-likeness (QED) is 0.693. The average molecular weight is 416 g/mol. The molecule has 29 heavy (non-hydrogen) atoms. The lowest BCUT2D eigenvalue weighted by atomic mass is 10.1. The molecule has 1 saturated heterocycles. The van der Waals surface area contributed by atoms with Crippen LogP contribution in [-0.4, -0.2) is 38.9 Å². The molecule has 1 aliphatic heterocycles. The summed E-state index contributed by atoms with van der Waals surface area (Å²) in [5, 5.41) is 2.91. The molecule has 0 spiro atoms. The molecule has 0 aromatic heterocycles. The largest absolute Gasteiger partial charge is 0.326 e. The molecule has 2 aromatic carbocycles. The van der Waals surface area contributed by atoms with Crippen LogP contribution in [0.5, 0.6) is 0 Å². The third-order valence-corrected chi connectivity index (χ3v) is 6.56. The Kier molecular flexibility index (Phi) is 7.41. The van der Waals surface area contributed by atoms with E-state index in [1.165, 1.54) is 19.3 Å². The van der Waals surface area contributed by atoms with Gasteiger partial charge in [-0.25, -0.2) is 13.1 Å². The number of piperidine rings is 1. The van der Waals surface area contributed by atoms with Crippen molar-refractivity contribution in [2.45, 2.75) is 44.0 Å². The van der Waals surface area contributed by atoms with E-state index < -0.39 is 10.0 Å². The summed E-state index contributed by atoms with van der Waals surface area (Å²) >= 11 is 0. The minimum absolute atomic E-state index is 0.00315. The average Bonchev–Trinajstić information content (AvgIpc) is 2.73. The number of anilines is 1. The van der Waals surface area contributed by atoms with Gasteiger partial charge in [-0.1, -0.05) is 36.2 Å². The van der Waals surface area contributed by atoms with Gasteiger partial charge < -0.3 is 10.2 Å². The van der Waals surface area contributed by atoms with Crippen LogP contribution in [0.2, 0.25) is 0 Å². The normalized spacial score (nSPS) is 15.2. The van der Waals surface area contributed by atoms with Crippen LogP contribution in [0.25, 0.3) is 0 Å². The maximum Gasteiger partial charge on any atom is 0.240 e. The lowest BCUT2D eigenvalue weighted by Gasteiger charge is -2.25. The topological polar surface area (TPSA) is 78.5 Å². The van der Waals surface area contributed by atoms with E-state index >= 15 is 0 Å². The van der Waals surface area contributed by atoms with Crippen molar-refractivity contribution in [2.75, 3.05) is 25.0 Å². The predicted octanol–water partition coefficient (Wildman–Crippen LogP) is 3.29. The summed E-state index contributed by atoms with van der Waals surface area (Å²) in [6.07, 6.45) is 4.21. The van der Waals surface area contributed by atoms with Crippen molar-refractivity contribution in [3.63, 3.8) is 0 Å². The maximum atomic E-state index is 12.4. The van der Waals surface area contributed by atoms with Crippen molar-refractivity contribution in [1.29, 1.82) is 0 Å². The zero-order chi connectivity index (χ0) is 20.7. The molecular weight excluding hydrogens is 386 g/mol. The van der Waals surface area contributed by atoms with Crippen molar-refractivity contribution in [3.8, 4) is 0 Å². The summed E-state index contributed by atoms with van der Waals surface area (Å²) < 4.78 is 27.3. The van der Waals surface area contributed by atoms with E-state index in [0.717, 1.165) is 36.4 Å². The number of aryl methyl sites for hydroxylation is 1. The second-order valence-electron chi connectivity index (χ2n) is 7.54. The SMILES string of the molecule is Cc1ccc(S(=O)(=O)NCc2ccc(NC(=O)CCN3CCCCC3)cc2)cc1. The fourth-order valence-corrected chi connectivity index (χ4v) is 4.37. The molecule has 6 nitrogen and oxygen atoms in total. The first-order valence-electron chi connectivity index (χ1n) is 10.1. The van der Waals surface area contributed by atoms with E-state index in [2.05, 4.69) is 14.9 Å². The molecule has 1 amide bonds.